The van der Waals surface area contributed by atoms with Crippen molar-refractivity contribution in [1.82, 2.24) is 0 Å². The lowest BCUT2D eigenvalue weighted by molar-refractivity contribution is 0.0635. The molecule has 100 valence electrons. The normalized spacial score (nSPS) is 11.3. The van der Waals surface area contributed by atoms with Crippen molar-refractivity contribution in [1.29, 1.82) is 0 Å². The Balaban J connectivity index is 2.99. The summed E-state index contributed by atoms with van der Waals surface area (Å²) in [5, 5.41) is 3.35. The van der Waals surface area contributed by atoms with Crippen molar-refractivity contribution in [3.63, 3.8) is 0 Å². The van der Waals surface area contributed by atoms with Gasteiger partial charge in [0.05, 0.1) is 5.69 Å². The van der Waals surface area contributed by atoms with E-state index in [1.807, 2.05) is 40.7 Å². The molecule has 0 saturated heterocycles. The third-order valence-electron chi connectivity index (χ3n) is 2.26. The molecule has 0 aliphatic rings. The summed E-state index contributed by atoms with van der Waals surface area (Å²) >= 11 is 9.57. The van der Waals surface area contributed by atoms with Crippen molar-refractivity contribution in [3.8, 4) is 0 Å². The van der Waals surface area contributed by atoms with Crippen molar-refractivity contribution in [2.45, 2.75) is 40.2 Å². The molecule has 0 unspecified atom stereocenters. The summed E-state index contributed by atoms with van der Waals surface area (Å²) in [4.78, 5) is 11.7. The molecule has 0 aromatic heterocycles. The van der Waals surface area contributed by atoms with Gasteiger partial charge in [-0.05, 0) is 67.7 Å². The lowest BCUT2D eigenvalue weighted by atomic mass is 10.1. The third-order valence-corrected chi connectivity index (χ3v) is 3.47. The topological polar surface area (TPSA) is 38.3 Å². The molecule has 5 heteroatoms. The zero-order chi connectivity index (χ0) is 14.1. The van der Waals surface area contributed by atoms with Crippen molar-refractivity contribution < 1.29 is 9.53 Å². The highest BCUT2D eigenvalue weighted by atomic mass is 79.9. The zero-order valence-corrected chi connectivity index (χ0v) is 13.5. The Bertz CT molecular complexity index is 481. The number of aryl methyl sites for hydroxylation is 1. The van der Waals surface area contributed by atoms with Gasteiger partial charge in [0.15, 0.2) is 0 Å². The van der Waals surface area contributed by atoms with Crippen LogP contribution >= 0.6 is 27.5 Å². The van der Waals surface area contributed by atoms with Crippen molar-refractivity contribution in [2.24, 2.45) is 0 Å². The van der Waals surface area contributed by atoms with Gasteiger partial charge in [-0.1, -0.05) is 11.6 Å². The first-order valence-corrected chi connectivity index (χ1v) is 6.74. The van der Waals surface area contributed by atoms with Crippen molar-refractivity contribution in [3.05, 3.63) is 26.7 Å². The Hall–Kier alpha value is -0.740. The smallest absolute Gasteiger partial charge is 0.412 e. The standard InChI is InChI=1S/C13H17BrClNO2/c1-7-6-9(14)11(8(2)10(7)15)16-12(17)18-13(3,4)5/h6H,1-5H3,(H,16,17). The fourth-order valence-electron chi connectivity index (χ4n) is 1.47. The van der Waals surface area contributed by atoms with Crippen LogP contribution in [0.4, 0.5) is 10.5 Å². The van der Waals surface area contributed by atoms with Gasteiger partial charge in [0.2, 0.25) is 0 Å². The Morgan fingerprint density at radius 2 is 1.94 bits per heavy atom. The second-order valence-corrected chi connectivity index (χ2v) is 6.35. The number of carbonyl (C=O) groups excluding carboxylic acids is 1. The van der Waals surface area contributed by atoms with Crippen LogP contribution in [-0.4, -0.2) is 11.7 Å². The summed E-state index contributed by atoms with van der Waals surface area (Å²) in [5.41, 5.74) is 1.88. The molecule has 1 aromatic carbocycles. The molecule has 1 N–H and O–H groups in total. The summed E-state index contributed by atoms with van der Waals surface area (Å²) in [5.74, 6) is 0. The number of amides is 1. The molecule has 0 spiro atoms. The Kier molecular flexibility index (Phi) is 4.67. The lowest BCUT2D eigenvalue weighted by Crippen LogP contribution is -2.27. The molecule has 1 aromatic rings. The lowest BCUT2D eigenvalue weighted by Gasteiger charge is -2.21. The van der Waals surface area contributed by atoms with E-state index >= 15 is 0 Å². The number of anilines is 1. The van der Waals surface area contributed by atoms with Crippen LogP contribution in [0.25, 0.3) is 0 Å². The first-order chi connectivity index (χ1) is 8.11. The van der Waals surface area contributed by atoms with Crippen LogP contribution in [0.3, 0.4) is 0 Å². The fraction of sp³-hybridized carbons (Fsp3) is 0.462. The van der Waals surface area contributed by atoms with Crippen LogP contribution in [0.15, 0.2) is 10.5 Å². The molecule has 0 radical (unpaired) electrons. The minimum Gasteiger partial charge on any atom is -0.444 e. The van der Waals surface area contributed by atoms with Crippen LogP contribution in [0.2, 0.25) is 5.02 Å². The van der Waals surface area contributed by atoms with Gasteiger partial charge >= 0.3 is 6.09 Å². The SMILES string of the molecule is Cc1cc(Br)c(NC(=O)OC(C)(C)C)c(C)c1Cl. The van der Waals surface area contributed by atoms with Crippen molar-refractivity contribution in [2.75, 3.05) is 5.32 Å². The summed E-state index contributed by atoms with van der Waals surface area (Å²) in [6.07, 6.45) is -0.494. The third kappa shape index (κ3) is 3.89. The maximum atomic E-state index is 11.7. The fourth-order valence-corrected chi connectivity index (χ4v) is 2.36. The molecule has 3 nitrogen and oxygen atoms in total. The zero-order valence-electron chi connectivity index (χ0n) is 11.1. The van der Waals surface area contributed by atoms with Gasteiger partial charge in [-0.3, -0.25) is 5.32 Å². The number of nitrogens with one attached hydrogen (secondary N) is 1. The summed E-state index contributed by atoms with van der Waals surface area (Å²) in [6.45, 7) is 9.22. The molecule has 0 fully saturated rings. The van der Waals surface area contributed by atoms with E-state index in [1.54, 1.807) is 0 Å². The molecule has 0 heterocycles. The average molecular weight is 335 g/mol. The number of benzene rings is 1. The molecule has 18 heavy (non-hydrogen) atoms. The first-order valence-electron chi connectivity index (χ1n) is 5.57. The summed E-state index contributed by atoms with van der Waals surface area (Å²) in [6, 6.07) is 1.86. The number of hydrogen-bond donors (Lipinski definition) is 1. The van der Waals surface area contributed by atoms with Crippen LogP contribution in [0, 0.1) is 13.8 Å². The van der Waals surface area contributed by atoms with E-state index in [0.29, 0.717) is 10.7 Å². The molecule has 0 aliphatic carbocycles. The van der Waals surface area contributed by atoms with Gasteiger partial charge in [0.25, 0.3) is 0 Å². The quantitative estimate of drug-likeness (QED) is 0.779. The highest BCUT2D eigenvalue weighted by Gasteiger charge is 2.19. The Morgan fingerprint density at radius 1 is 1.39 bits per heavy atom. The molecular weight excluding hydrogens is 318 g/mol. The van der Waals surface area contributed by atoms with E-state index in [-0.39, 0.29) is 0 Å². The second-order valence-electron chi connectivity index (χ2n) is 5.12. The van der Waals surface area contributed by atoms with Gasteiger partial charge in [0.1, 0.15) is 5.60 Å². The molecule has 0 atom stereocenters. The van der Waals surface area contributed by atoms with Crippen LogP contribution in [0.1, 0.15) is 31.9 Å². The number of carbonyl (C=O) groups is 1. The van der Waals surface area contributed by atoms with E-state index in [4.69, 9.17) is 16.3 Å². The molecule has 0 bridgehead atoms. The van der Waals surface area contributed by atoms with Crippen LogP contribution in [0.5, 0.6) is 0 Å². The maximum absolute atomic E-state index is 11.7. The summed E-state index contributed by atoms with van der Waals surface area (Å²) in [7, 11) is 0. The van der Waals surface area contributed by atoms with E-state index < -0.39 is 11.7 Å². The Morgan fingerprint density at radius 3 is 2.44 bits per heavy atom. The van der Waals surface area contributed by atoms with Crippen LogP contribution < -0.4 is 5.32 Å². The van der Waals surface area contributed by atoms with Gasteiger partial charge in [-0.2, -0.15) is 0 Å². The van der Waals surface area contributed by atoms with Gasteiger partial charge in [-0.25, -0.2) is 4.79 Å². The number of halogens is 2. The Labute approximate surface area is 121 Å². The minimum atomic E-state index is -0.529. The number of hydrogen-bond acceptors (Lipinski definition) is 2. The predicted octanol–water partition coefficient (Wildman–Crippen LogP) is 5.07. The predicted molar refractivity (Wildman–Crippen MR) is 78.5 cm³/mol. The number of ether oxygens (including phenoxy) is 1. The first kappa shape index (κ1) is 15.3. The monoisotopic (exact) mass is 333 g/mol. The number of rotatable bonds is 1. The van der Waals surface area contributed by atoms with E-state index in [2.05, 4.69) is 21.2 Å². The van der Waals surface area contributed by atoms with E-state index in [0.717, 1.165) is 15.6 Å². The van der Waals surface area contributed by atoms with Gasteiger partial charge in [-0.15, -0.1) is 0 Å². The summed E-state index contributed by atoms with van der Waals surface area (Å²) < 4.78 is 5.99. The largest absolute Gasteiger partial charge is 0.444 e. The van der Waals surface area contributed by atoms with Gasteiger partial charge in [0, 0.05) is 9.50 Å². The maximum Gasteiger partial charge on any atom is 0.412 e. The average Bonchev–Trinajstić information content (AvgIpc) is 2.19. The highest BCUT2D eigenvalue weighted by Crippen LogP contribution is 2.34. The minimum absolute atomic E-state index is 0.494. The van der Waals surface area contributed by atoms with E-state index in [9.17, 15) is 4.79 Å². The van der Waals surface area contributed by atoms with E-state index in [1.165, 1.54) is 0 Å². The molecular formula is C13H17BrClNO2. The molecule has 0 aliphatic heterocycles. The van der Waals surface area contributed by atoms with Crippen molar-refractivity contribution >= 4 is 39.3 Å². The second kappa shape index (κ2) is 5.49. The molecule has 1 rings (SSSR count). The highest BCUT2D eigenvalue weighted by molar-refractivity contribution is 9.10. The van der Waals surface area contributed by atoms with Gasteiger partial charge < -0.3 is 4.74 Å². The van der Waals surface area contributed by atoms with Crippen LogP contribution in [-0.2, 0) is 4.74 Å². The molecule has 0 saturated carbocycles. The molecule has 1 amide bonds.